The maximum Gasteiger partial charge on any atom is 0.168 e. The van der Waals surface area contributed by atoms with Gasteiger partial charge >= 0.3 is 0 Å². The van der Waals surface area contributed by atoms with Gasteiger partial charge in [-0.05, 0) is 17.7 Å². The summed E-state index contributed by atoms with van der Waals surface area (Å²) < 4.78 is 25.9. The van der Waals surface area contributed by atoms with E-state index in [1.165, 1.54) is 0 Å². The Balaban J connectivity index is 2.19. The Kier molecular flexibility index (Phi) is 3.30. The number of benzene rings is 1. The number of anilines is 2. The Morgan fingerprint density at radius 2 is 1.88 bits per heavy atom. The SMILES string of the molecule is NCc1ccc(Nc2ncc(F)cc2F)cc1. The highest BCUT2D eigenvalue weighted by Crippen LogP contribution is 2.18. The molecule has 0 atom stereocenters. The molecule has 0 radical (unpaired) electrons. The average molecular weight is 235 g/mol. The predicted octanol–water partition coefficient (Wildman–Crippen LogP) is 2.56. The molecule has 3 N–H and O–H groups in total. The van der Waals surface area contributed by atoms with Crippen molar-refractivity contribution in [2.75, 3.05) is 5.32 Å². The van der Waals surface area contributed by atoms with E-state index in [9.17, 15) is 8.78 Å². The van der Waals surface area contributed by atoms with E-state index in [-0.39, 0.29) is 5.82 Å². The number of nitrogens with zero attached hydrogens (tertiary/aromatic N) is 1. The molecule has 1 aromatic carbocycles. The first kappa shape index (κ1) is 11.5. The van der Waals surface area contributed by atoms with Gasteiger partial charge in [-0.1, -0.05) is 12.1 Å². The zero-order valence-corrected chi connectivity index (χ0v) is 8.95. The van der Waals surface area contributed by atoms with E-state index < -0.39 is 11.6 Å². The van der Waals surface area contributed by atoms with Crippen LogP contribution in [0.15, 0.2) is 36.5 Å². The second kappa shape index (κ2) is 4.88. The maximum absolute atomic E-state index is 13.3. The lowest BCUT2D eigenvalue weighted by Crippen LogP contribution is -1.99. The molecule has 0 aliphatic carbocycles. The Labute approximate surface area is 97.3 Å². The molecule has 88 valence electrons. The Morgan fingerprint density at radius 1 is 1.18 bits per heavy atom. The lowest BCUT2D eigenvalue weighted by molar-refractivity contribution is 0.576. The van der Waals surface area contributed by atoms with Crippen LogP contribution in [0.25, 0.3) is 0 Å². The van der Waals surface area contributed by atoms with E-state index in [1.807, 2.05) is 12.1 Å². The molecule has 0 saturated carbocycles. The van der Waals surface area contributed by atoms with Crippen molar-refractivity contribution in [2.45, 2.75) is 6.54 Å². The van der Waals surface area contributed by atoms with Crippen LogP contribution in [-0.4, -0.2) is 4.98 Å². The highest BCUT2D eigenvalue weighted by atomic mass is 19.1. The second-order valence-electron chi connectivity index (χ2n) is 3.51. The van der Waals surface area contributed by atoms with E-state index in [0.717, 1.165) is 17.8 Å². The number of hydrogen-bond donors (Lipinski definition) is 2. The first-order valence-corrected chi connectivity index (χ1v) is 5.06. The molecule has 2 aromatic rings. The molecular formula is C12H11F2N3. The quantitative estimate of drug-likeness (QED) is 0.859. The monoisotopic (exact) mass is 235 g/mol. The molecule has 3 nitrogen and oxygen atoms in total. The number of nitrogens with one attached hydrogen (secondary N) is 1. The molecule has 5 heteroatoms. The number of aromatic nitrogens is 1. The van der Waals surface area contributed by atoms with Crippen LogP contribution in [0.1, 0.15) is 5.56 Å². The predicted molar refractivity (Wildman–Crippen MR) is 61.8 cm³/mol. The molecule has 1 heterocycles. The molecule has 0 bridgehead atoms. The van der Waals surface area contributed by atoms with Crippen molar-refractivity contribution in [3.05, 3.63) is 53.7 Å². The molecule has 0 aliphatic heterocycles. The molecule has 0 unspecified atom stereocenters. The van der Waals surface area contributed by atoms with E-state index in [2.05, 4.69) is 10.3 Å². The lowest BCUT2D eigenvalue weighted by Gasteiger charge is -2.07. The van der Waals surface area contributed by atoms with Gasteiger partial charge < -0.3 is 11.1 Å². The third-order valence-corrected chi connectivity index (χ3v) is 2.26. The van der Waals surface area contributed by atoms with Gasteiger partial charge in [0.15, 0.2) is 11.6 Å². The fourth-order valence-electron chi connectivity index (χ4n) is 1.37. The molecule has 0 saturated heterocycles. The third kappa shape index (κ3) is 2.76. The van der Waals surface area contributed by atoms with Crippen LogP contribution in [0.4, 0.5) is 20.3 Å². The molecule has 1 aromatic heterocycles. The van der Waals surface area contributed by atoms with Gasteiger partial charge in [0.2, 0.25) is 0 Å². The van der Waals surface area contributed by atoms with E-state index >= 15 is 0 Å². The summed E-state index contributed by atoms with van der Waals surface area (Å²) in [5, 5.41) is 2.76. The van der Waals surface area contributed by atoms with Crippen molar-refractivity contribution >= 4 is 11.5 Å². The van der Waals surface area contributed by atoms with Crippen molar-refractivity contribution in [1.82, 2.24) is 4.98 Å². The Hall–Kier alpha value is -2.01. The molecule has 0 fully saturated rings. The number of nitrogens with two attached hydrogens (primary N) is 1. The minimum atomic E-state index is -0.729. The molecular weight excluding hydrogens is 224 g/mol. The van der Waals surface area contributed by atoms with Gasteiger partial charge in [-0.3, -0.25) is 0 Å². The summed E-state index contributed by atoms with van der Waals surface area (Å²) in [5.41, 5.74) is 7.10. The van der Waals surface area contributed by atoms with E-state index in [1.54, 1.807) is 12.1 Å². The maximum atomic E-state index is 13.3. The largest absolute Gasteiger partial charge is 0.338 e. The van der Waals surface area contributed by atoms with Gasteiger partial charge in [-0.25, -0.2) is 13.8 Å². The zero-order chi connectivity index (χ0) is 12.3. The van der Waals surface area contributed by atoms with Gasteiger partial charge in [0.05, 0.1) is 6.20 Å². The molecule has 2 rings (SSSR count). The van der Waals surface area contributed by atoms with Crippen LogP contribution < -0.4 is 11.1 Å². The summed E-state index contributed by atoms with van der Waals surface area (Å²) in [4.78, 5) is 3.63. The van der Waals surface area contributed by atoms with Crippen molar-refractivity contribution in [3.63, 3.8) is 0 Å². The minimum Gasteiger partial charge on any atom is -0.338 e. The number of rotatable bonds is 3. The van der Waals surface area contributed by atoms with Crippen LogP contribution >= 0.6 is 0 Å². The van der Waals surface area contributed by atoms with Gasteiger partial charge in [0.1, 0.15) is 5.82 Å². The fourth-order valence-corrected chi connectivity index (χ4v) is 1.37. The third-order valence-electron chi connectivity index (χ3n) is 2.26. The van der Waals surface area contributed by atoms with Gasteiger partial charge in [-0.15, -0.1) is 0 Å². The first-order valence-electron chi connectivity index (χ1n) is 5.06. The van der Waals surface area contributed by atoms with Crippen molar-refractivity contribution in [1.29, 1.82) is 0 Å². The number of hydrogen-bond acceptors (Lipinski definition) is 3. The summed E-state index contributed by atoms with van der Waals surface area (Å²) >= 11 is 0. The molecule has 0 aliphatic rings. The van der Waals surface area contributed by atoms with Crippen LogP contribution in [0.2, 0.25) is 0 Å². The smallest absolute Gasteiger partial charge is 0.168 e. The Bertz CT molecular complexity index is 512. The van der Waals surface area contributed by atoms with Crippen LogP contribution in [0.3, 0.4) is 0 Å². The standard InChI is InChI=1S/C12H11F2N3/c13-9-5-11(14)12(16-7-9)17-10-3-1-8(6-15)2-4-10/h1-5,7H,6,15H2,(H,16,17). The lowest BCUT2D eigenvalue weighted by atomic mass is 10.2. The van der Waals surface area contributed by atoms with Crippen LogP contribution in [-0.2, 0) is 6.54 Å². The van der Waals surface area contributed by atoms with Crippen molar-refractivity contribution < 1.29 is 8.78 Å². The Morgan fingerprint density at radius 3 is 2.47 bits per heavy atom. The molecule has 17 heavy (non-hydrogen) atoms. The summed E-state index contributed by atoms with van der Waals surface area (Å²) in [6.45, 7) is 0.448. The molecule has 0 spiro atoms. The summed E-state index contributed by atoms with van der Waals surface area (Å²) in [6.07, 6.45) is 0.958. The zero-order valence-electron chi connectivity index (χ0n) is 8.95. The highest BCUT2D eigenvalue weighted by molar-refractivity contribution is 5.56. The first-order chi connectivity index (χ1) is 8.19. The van der Waals surface area contributed by atoms with E-state index in [0.29, 0.717) is 12.2 Å². The van der Waals surface area contributed by atoms with Crippen LogP contribution in [0.5, 0.6) is 0 Å². The minimum absolute atomic E-state index is 0.00750. The van der Waals surface area contributed by atoms with Gasteiger partial charge in [-0.2, -0.15) is 0 Å². The summed E-state index contributed by atoms with van der Waals surface area (Å²) in [5.74, 6) is -1.44. The van der Waals surface area contributed by atoms with Crippen molar-refractivity contribution in [2.24, 2.45) is 5.73 Å². The number of halogens is 2. The second-order valence-corrected chi connectivity index (χ2v) is 3.51. The van der Waals surface area contributed by atoms with Crippen LogP contribution in [0, 0.1) is 11.6 Å². The van der Waals surface area contributed by atoms with Crippen molar-refractivity contribution in [3.8, 4) is 0 Å². The summed E-state index contributed by atoms with van der Waals surface area (Å²) in [6, 6.07) is 7.94. The van der Waals surface area contributed by atoms with Gasteiger partial charge in [0, 0.05) is 18.3 Å². The fraction of sp³-hybridized carbons (Fsp3) is 0.0833. The summed E-state index contributed by atoms with van der Waals surface area (Å²) in [7, 11) is 0. The number of pyridine rings is 1. The highest BCUT2D eigenvalue weighted by Gasteiger charge is 2.05. The normalized spacial score (nSPS) is 10.3. The molecule has 0 amide bonds. The average Bonchev–Trinajstić information content (AvgIpc) is 2.34. The van der Waals surface area contributed by atoms with Gasteiger partial charge in [0.25, 0.3) is 0 Å². The topological polar surface area (TPSA) is 50.9 Å². The van der Waals surface area contributed by atoms with E-state index in [4.69, 9.17) is 5.73 Å².